The fraction of sp³-hybridized carbons (Fsp3) is 0.222. The lowest BCUT2D eigenvalue weighted by Crippen LogP contribution is -1.97. The molecule has 110 valence electrons. The monoisotopic (exact) mass is 284 g/mol. The fourth-order valence-corrected chi connectivity index (χ4v) is 2.16. The molecule has 0 fully saturated rings. The van der Waals surface area contributed by atoms with Crippen molar-refractivity contribution in [1.82, 2.24) is 0 Å². The average Bonchev–Trinajstić information content (AvgIpc) is 2.55. The van der Waals surface area contributed by atoms with E-state index in [4.69, 9.17) is 14.2 Å². The molecular weight excluding hydrogens is 264 g/mol. The van der Waals surface area contributed by atoms with Gasteiger partial charge in [-0.2, -0.15) is 0 Å². The van der Waals surface area contributed by atoms with Crippen molar-refractivity contribution >= 4 is 6.08 Å². The molecule has 0 N–H and O–H groups in total. The van der Waals surface area contributed by atoms with Gasteiger partial charge in [0.05, 0.1) is 21.3 Å². The van der Waals surface area contributed by atoms with Gasteiger partial charge in [0.15, 0.2) is 0 Å². The summed E-state index contributed by atoms with van der Waals surface area (Å²) >= 11 is 0. The zero-order valence-corrected chi connectivity index (χ0v) is 12.6. The lowest BCUT2D eigenvalue weighted by atomic mass is 10.1. The van der Waals surface area contributed by atoms with Gasteiger partial charge in [-0.1, -0.05) is 42.5 Å². The van der Waals surface area contributed by atoms with Crippen LogP contribution in [0.4, 0.5) is 0 Å². The van der Waals surface area contributed by atoms with Crippen LogP contribution in [-0.4, -0.2) is 21.3 Å². The van der Waals surface area contributed by atoms with Crippen molar-refractivity contribution in [2.75, 3.05) is 21.3 Å². The molecule has 3 nitrogen and oxygen atoms in total. The van der Waals surface area contributed by atoms with Gasteiger partial charge >= 0.3 is 0 Å². The molecule has 0 spiro atoms. The molecule has 2 aromatic carbocycles. The predicted molar refractivity (Wildman–Crippen MR) is 85.3 cm³/mol. The first-order chi connectivity index (χ1) is 10.3. The van der Waals surface area contributed by atoms with Gasteiger partial charge < -0.3 is 14.2 Å². The van der Waals surface area contributed by atoms with Crippen molar-refractivity contribution in [1.29, 1.82) is 0 Å². The van der Waals surface area contributed by atoms with Crippen LogP contribution in [0.25, 0.3) is 6.08 Å². The van der Waals surface area contributed by atoms with Gasteiger partial charge in [0.1, 0.15) is 17.2 Å². The normalized spacial score (nSPS) is 10.6. The molecule has 2 rings (SSSR count). The first kappa shape index (κ1) is 15.0. The van der Waals surface area contributed by atoms with Crippen molar-refractivity contribution in [3.8, 4) is 17.2 Å². The summed E-state index contributed by atoms with van der Waals surface area (Å²) in [5.41, 5.74) is 2.18. The minimum absolute atomic E-state index is 0.722. The van der Waals surface area contributed by atoms with E-state index in [2.05, 4.69) is 24.3 Å². The Kier molecular flexibility index (Phi) is 5.27. The van der Waals surface area contributed by atoms with Gasteiger partial charge in [-0.3, -0.25) is 0 Å². The lowest BCUT2D eigenvalue weighted by molar-refractivity contribution is 0.370. The van der Waals surface area contributed by atoms with Crippen LogP contribution in [0.2, 0.25) is 0 Å². The molecule has 0 amide bonds. The topological polar surface area (TPSA) is 27.7 Å². The third-order valence-corrected chi connectivity index (χ3v) is 3.25. The summed E-state index contributed by atoms with van der Waals surface area (Å²) in [6, 6.07) is 13.9. The van der Waals surface area contributed by atoms with Gasteiger partial charge in [-0.05, 0) is 12.0 Å². The van der Waals surface area contributed by atoms with Crippen molar-refractivity contribution in [3.05, 3.63) is 59.7 Å². The van der Waals surface area contributed by atoms with Crippen LogP contribution in [-0.2, 0) is 6.42 Å². The molecule has 0 aromatic heterocycles. The van der Waals surface area contributed by atoms with Crippen molar-refractivity contribution < 1.29 is 14.2 Å². The van der Waals surface area contributed by atoms with E-state index in [-0.39, 0.29) is 0 Å². The molecular formula is C18H20O3. The lowest BCUT2D eigenvalue weighted by Gasteiger charge is -2.13. The number of allylic oxidation sites excluding steroid dienone is 1. The maximum Gasteiger partial charge on any atom is 0.129 e. The summed E-state index contributed by atoms with van der Waals surface area (Å²) in [5.74, 6) is 2.26. The van der Waals surface area contributed by atoms with Crippen LogP contribution in [0.15, 0.2) is 48.5 Å². The molecule has 0 heterocycles. The SMILES string of the molecule is COc1cc(OC)c(C/C=C/c2ccccc2)c(OC)c1. The average molecular weight is 284 g/mol. The van der Waals surface area contributed by atoms with Crippen LogP contribution >= 0.6 is 0 Å². The van der Waals surface area contributed by atoms with Crippen molar-refractivity contribution in [2.45, 2.75) is 6.42 Å². The van der Waals surface area contributed by atoms with E-state index < -0.39 is 0 Å². The van der Waals surface area contributed by atoms with Crippen LogP contribution in [0.3, 0.4) is 0 Å². The Morgan fingerprint density at radius 2 is 1.48 bits per heavy atom. The van der Waals surface area contributed by atoms with Crippen LogP contribution < -0.4 is 14.2 Å². The number of ether oxygens (including phenoxy) is 3. The van der Waals surface area contributed by atoms with E-state index in [1.165, 1.54) is 5.56 Å². The molecule has 0 saturated heterocycles. The van der Waals surface area contributed by atoms with Gasteiger partial charge in [0.2, 0.25) is 0 Å². The smallest absolute Gasteiger partial charge is 0.129 e. The summed E-state index contributed by atoms with van der Waals surface area (Å²) in [5, 5.41) is 0. The molecule has 3 heteroatoms. The standard InChI is InChI=1S/C18H20O3/c1-19-15-12-17(20-2)16(18(13-15)21-3)11-7-10-14-8-5-4-6-9-14/h4-10,12-13H,11H2,1-3H3/b10-7+. The van der Waals surface area contributed by atoms with E-state index in [0.29, 0.717) is 0 Å². The summed E-state index contributed by atoms with van der Waals surface area (Å²) in [6.07, 6.45) is 4.91. The number of rotatable bonds is 6. The highest BCUT2D eigenvalue weighted by Gasteiger charge is 2.11. The Morgan fingerprint density at radius 1 is 0.857 bits per heavy atom. The second-order valence-electron chi connectivity index (χ2n) is 4.53. The van der Waals surface area contributed by atoms with Gasteiger partial charge in [0.25, 0.3) is 0 Å². The Labute approximate surface area is 125 Å². The van der Waals surface area contributed by atoms with Gasteiger partial charge in [0, 0.05) is 17.7 Å². The molecule has 0 unspecified atom stereocenters. The highest BCUT2D eigenvalue weighted by Crippen LogP contribution is 2.34. The molecule has 21 heavy (non-hydrogen) atoms. The van der Waals surface area contributed by atoms with E-state index in [0.717, 1.165) is 29.2 Å². The highest BCUT2D eigenvalue weighted by molar-refractivity contribution is 5.54. The molecule has 2 aromatic rings. The maximum atomic E-state index is 5.44. The largest absolute Gasteiger partial charge is 0.496 e. The quantitative estimate of drug-likeness (QED) is 0.803. The zero-order valence-electron chi connectivity index (χ0n) is 12.6. The molecule has 0 bridgehead atoms. The van der Waals surface area contributed by atoms with Crippen molar-refractivity contribution in [2.24, 2.45) is 0 Å². The minimum Gasteiger partial charge on any atom is -0.496 e. The second-order valence-corrected chi connectivity index (χ2v) is 4.53. The van der Waals surface area contributed by atoms with E-state index in [9.17, 15) is 0 Å². The third-order valence-electron chi connectivity index (χ3n) is 3.25. The van der Waals surface area contributed by atoms with Gasteiger partial charge in [-0.25, -0.2) is 0 Å². The first-order valence-electron chi connectivity index (χ1n) is 6.79. The highest BCUT2D eigenvalue weighted by atomic mass is 16.5. The molecule has 0 aliphatic carbocycles. The number of hydrogen-bond donors (Lipinski definition) is 0. The molecule has 0 aliphatic heterocycles. The van der Waals surface area contributed by atoms with Gasteiger partial charge in [-0.15, -0.1) is 0 Å². The summed E-state index contributed by atoms with van der Waals surface area (Å²) in [4.78, 5) is 0. The minimum atomic E-state index is 0.722. The predicted octanol–water partition coefficient (Wildman–Crippen LogP) is 3.97. The Bertz CT molecular complexity index is 578. The summed E-state index contributed by atoms with van der Waals surface area (Å²) < 4.78 is 16.1. The number of methoxy groups -OCH3 is 3. The first-order valence-corrected chi connectivity index (χ1v) is 6.79. The number of benzene rings is 2. The van der Waals surface area contributed by atoms with Crippen LogP contribution in [0.5, 0.6) is 17.2 Å². The van der Waals surface area contributed by atoms with E-state index >= 15 is 0 Å². The van der Waals surface area contributed by atoms with Crippen molar-refractivity contribution in [3.63, 3.8) is 0 Å². The van der Waals surface area contributed by atoms with Crippen LogP contribution in [0.1, 0.15) is 11.1 Å². The molecule has 0 radical (unpaired) electrons. The van der Waals surface area contributed by atoms with E-state index in [1.54, 1.807) is 21.3 Å². The third kappa shape index (κ3) is 3.78. The molecule has 0 aliphatic rings. The molecule has 0 atom stereocenters. The number of hydrogen-bond acceptors (Lipinski definition) is 3. The second kappa shape index (κ2) is 7.39. The Morgan fingerprint density at radius 3 is 2.00 bits per heavy atom. The maximum absolute atomic E-state index is 5.44. The Balaban J connectivity index is 2.24. The molecule has 0 saturated carbocycles. The zero-order chi connectivity index (χ0) is 15.1. The summed E-state index contributed by atoms with van der Waals surface area (Å²) in [6.45, 7) is 0. The Hall–Kier alpha value is -2.42. The fourth-order valence-electron chi connectivity index (χ4n) is 2.16. The van der Waals surface area contributed by atoms with E-state index in [1.807, 2.05) is 30.3 Å². The van der Waals surface area contributed by atoms with Crippen LogP contribution in [0, 0.1) is 0 Å². The summed E-state index contributed by atoms with van der Waals surface area (Å²) in [7, 11) is 4.93.